The molecule has 0 spiro atoms. The highest BCUT2D eigenvalue weighted by Gasteiger charge is 2.14. The molecule has 0 fully saturated rings. The number of nitrogens with zero attached hydrogens (tertiary/aromatic N) is 3. The van der Waals surface area contributed by atoms with Crippen LogP contribution in [0.5, 0.6) is 11.5 Å². The zero-order valence-electron chi connectivity index (χ0n) is 12.8. The largest absolute Gasteiger partial charge is 0.493 e. The summed E-state index contributed by atoms with van der Waals surface area (Å²) in [7, 11) is 5.18. The smallest absolute Gasteiger partial charge is 0.165 e. The molecule has 0 saturated carbocycles. The van der Waals surface area contributed by atoms with E-state index in [4.69, 9.17) is 20.0 Å². The van der Waals surface area contributed by atoms with Crippen molar-refractivity contribution in [2.24, 2.45) is 5.92 Å². The second kappa shape index (κ2) is 8.84. The lowest BCUT2D eigenvalue weighted by Gasteiger charge is -2.21. The van der Waals surface area contributed by atoms with Crippen LogP contribution in [0.15, 0.2) is 18.2 Å². The van der Waals surface area contributed by atoms with Crippen LogP contribution in [-0.2, 0) is 6.54 Å². The number of ether oxygens (including phenoxy) is 2. The molecule has 0 heterocycles. The van der Waals surface area contributed by atoms with Gasteiger partial charge in [0.15, 0.2) is 11.5 Å². The molecule has 21 heavy (non-hydrogen) atoms. The van der Waals surface area contributed by atoms with E-state index in [9.17, 15) is 0 Å². The van der Waals surface area contributed by atoms with E-state index >= 15 is 0 Å². The van der Waals surface area contributed by atoms with Gasteiger partial charge in [-0.05, 0) is 19.5 Å². The highest BCUT2D eigenvalue weighted by molar-refractivity contribution is 5.46. The molecule has 1 aromatic rings. The minimum Gasteiger partial charge on any atom is -0.493 e. The monoisotopic (exact) mass is 287 g/mol. The van der Waals surface area contributed by atoms with Crippen LogP contribution in [0, 0.1) is 28.6 Å². The van der Waals surface area contributed by atoms with E-state index < -0.39 is 0 Å². The van der Waals surface area contributed by atoms with Crippen LogP contribution in [0.1, 0.15) is 18.4 Å². The molecule has 0 aliphatic rings. The van der Waals surface area contributed by atoms with Crippen LogP contribution in [0.25, 0.3) is 0 Å². The van der Waals surface area contributed by atoms with E-state index in [1.807, 2.05) is 25.2 Å². The van der Waals surface area contributed by atoms with Crippen molar-refractivity contribution in [2.45, 2.75) is 19.4 Å². The standard InChI is InChI=1S/C16H21N3O2/c1-19(11-13(10-18)6-5-9-17)12-14-7-4-8-15(20-2)16(14)21-3/h4,7-8,13H,5-6,11-12H2,1-3H3. The van der Waals surface area contributed by atoms with E-state index in [0.29, 0.717) is 31.7 Å². The zero-order chi connectivity index (χ0) is 15.7. The minimum absolute atomic E-state index is 0.133. The third-order valence-corrected chi connectivity index (χ3v) is 3.24. The fraction of sp³-hybridized carbons (Fsp3) is 0.500. The summed E-state index contributed by atoms with van der Waals surface area (Å²) in [6, 6.07) is 10.1. The minimum atomic E-state index is -0.133. The number of methoxy groups -OCH3 is 2. The molecule has 0 amide bonds. The van der Waals surface area contributed by atoms with E-state index in [-0.39, 0.29) is 5.92 Å². The Labute approximate surface area is 126 Å². The third kappa shape index (κ3) is 4.98. The number of hydrogen-bond donors (Lipinski definition) is 0. The van der Waals surface area contributed by atoms with Gasteiger partial charge in [-0.25, -0.2) is 0 Å². The molecule has 5 nitrogen and oxygen atoms in total. The van der Waals surface area contributed by atoms with Gasteiger partial charge in [-0.1, -0.05) is 12.1 Å². The maximum atomic E-state index is 9.12. The van der Waals surface area contributed by atoms with Gasteiger partial charge in [0.2, 0.25) is 0 Å². The van der Waals surface area contributed by atoms with Crippen LogP contribution in [0.2, 0.25) is 0 Å². The number of nitriles is 2. The topological polar surface area (TPSA) is 69.3 Å². The van der Waals surface area contributed by atoms with Crippen molar-refractivity contribution in [1.29, 1.82) is 10.5 Å². The molecule has 0 N–H and O–H groups in total. The van der Waals surface area contributed by atoms with Crippen LogP contribution < -0.4 is 9.47 Å². The zero-order valence-corrected chi connectivity index (χ0v) is 12.8. The lowest BCUT2D eigenvalue weighted by atomic mass is 10.0. The van der Waals surface area contributed by atoms with Crippen molar-refractivity contribution in [3.8, 4) is 23.6 Å². The Kier molecular flexibility index (Phi) is 7.08. The van der Waals surface area contributed by atoms with Crippen LogP contribution in [0.3, 0.4) is 0 Å². The first-order valence-corrected chi connectivity index (χ1v) is 6.81. The van der Waals surface area contributed by atoms with E-state index in [1.165, 1.54) is 0 Å². The van der Waals surface area contributed by atoms with Crippen molar-refractivity contribution >= 4 is 0 Å². The summed E-state index contributed by atoms with van der Waals surface area (Å²) in [6.07, 6.45) is 1.02. The molecule has 0 aromatic heterocycles. The van der Waals surface area contributed by atoms with Crippen molar-refractivity contribution in [1.82, 2.24) is 4.90 Å². The normalized spacial score (nSPS) is 11.5. The quantitative estimate of drug-likeness (QED) is 0.735. The Morgan fingerprint density at radius 3 is 2.57 bits per heavy atom. The summed E-state index contributed by atoms with van der Waals surface area (Å²) in [5, 5.41) is 17.7. The SMILES string of the molecule is COc1cccc(CN(C)CC(C#N)CCC#N)c1OC. The van der Waals surface area contributed by atoms with Gasteiger partial charge in [0.1, 0.15) is 0 Å². The van der Waals surface area contributed by atoms with Gasteiger partial charge in [-0.15, -0.1) is 0 Å². The van der Waals surface area contributed by atoms with Gasteiger partial charge in [0.25, 0.3) is 0 Å². The lowest BCUT2D eigenvalue weighted by Crippen LogP contribution is -2.25. The second-order valence-electron chi connectivity index (χ2n) is 4.87. The average Bonchev–Trinajstić information content (AvgIpc) is 2.50. The first-order valence-electron chi connectivity index (χ1n) is 6.81. The highest BCUT2D eigenvalue weighted by atomic mass is 16.5. The maximum Gasteiger partial charge on any atom is 0.165 e. The molecule has 1 atom stereocenters. The summed E-state index contributed by atoms with van der Waals surface area (Å²) in [5.41, 5.74) is 1.01. The van der Waals surface area contributed by atoms with Gasteiger partial charge < -0.3 is 14.4 Å². The maximum absolute atomic E-state index is 9.12. The summed E-state index contributed by atoms with van der Waals surface area (Å²) in [4.78, 5) is 2.06. The van der Waals surface area contributed by atoms with Gasteiger partial charge in [0, 0.05) is 25.1 Å². The van der Waals surface area contributed by atoms with Crippen molar-refractivity contribution in [3.05, 3.63) is 23.8 Å². The molecule has 0 aliphatic carbocycles. The molecule has 0 aliphatic heterocycles. The molecule has 1 aromatic carbocycles. The first kappa shape index (κ1) is 16.8. The summed E-state index contributed by atoms with van der Waals surface area (Å²) in [6.45, 7) is 1.28. The molecule has 0 saturated heterocycles. The third-order valence-electron chi connectivity index (χ3n) is 3.24. The van der Waals surface area contributed by atoms with E-state index in [2.05, 4.69) is 17.0 Å². The van der Waals surface area contributed by atoms with Crippen LogP contribution in [0.4, 0.5) is 0 Å². The molecular weight excluding hydrogens is 266 g/mol. The van der Waals surface area contributed by atoms with Gasteiger partial charge in [-0.3, -0.25) is 0 Å². The summed E-state index contributed by atoms with van der Waals surface area (Å²) in [5.74, 6) is 1.29. The molecule has 5 heteroatoms. The Bertz CT molecular complexity index is 531. The van der Waals surface area contributed by atoms with E-state index in [0.717, 1.165) is 11.3 Å². The van der Waals surface area contributed by atoms with Crippen molar-refractivity contribution in [3.63, 3.8) is 0 Å². The molecule has 0 bridgehead atoms. The predicted octanol–water partition coefficient (Wildman–Crippen LogP) is 2.58. The number of rotatable bonds is 8. The van der Waals surface area contributed by atoms with Crippen molar-refractivity contribution in [2.75, 3.05) is 27.8 Å². The van der Waals surface area contributed by atoms with E-state index in [1.54, 1.807) is 14.2 Å². The van der Waals surface area contributed by atoms with Gasteiger partial charge >= 0.3 is 0 Å². The fourth-order valence-corrected chi connectivity index (χ4v) is 2.25. The number of benzene rings is 1. The van der Waals surface area contributed by atoms with Crippen LogP contribution in [-0.4, -0.2) is 32.7 Å². The number of hydrogen-bond acceptors (Lipinski definition) is 5. The molecular formula is C16H21N3O2. The second-order valence-corrected chi connectivity index (χ2v) is 4.87. The fourth-order valence-electron chi connectivity index (χ4n) is 2.25. The predicted molar refractivity (Wildman–Crippen MR) is 79.8 cm³/mol. The first-order chi connectivity index (χ1) is 10.2. The molecule has 1 rings (SSSR count). The van der Waals surface area contributed by atoms with Crippen LogP contribution >= 0.6 is 0 Å². The number of para-hydroxylation sites is 1. The Hall–Kier alpha value is -2.24. The average molecular weight is 287 g/mol. The van der Waals surface area contributed by atoms with Gasteiger partial charge in [-0.2, -0.15) is 10.5 Å². The summed E-state index contributed by atoms with van der Waals surface area (Å²) < 4.78 is 10.7. The van der Waals surface area contributed by atoms with Gasteiger partial charge in [0.05, 0.1) is 32.3 Å². The van der Waals surface area contributed by atoms with Crippen molar-refractivity contribution < 1.29 is 9.47 Å². The Balaban J connectivity index is 2.73. The molecule has 1 unspecified atom stereocenters. The highest BCUT2D eigenvalue weighted by Crippen LogP contribution is 2.31. The Morgan fingerprint density at radius 1 is 1.24 bits per heavy atom. The lowest BCUT2D eigenvalue weighted by molar-refractivity contribution is 0.281. The molecule has 0 radical (unpaired) electrons. The summed E-state index contributed by atoms with van der Waals surface area (Å²) >= 11 is 0. The molecule has 112 valence electrons. The Morgan fingerprint density at radius 2 is 2.00 bits per heavy atom.